The van der Waals surface area contributed by atoms with E-state index in [-0.39, 0.29) is 12.4 Å². The third kappa shape index (κ3) is 2.83. The zero-order chi connectivity index (χ0) is 10.8. The Morgan fingerprint density at radius 1 is 1.31 bits per heavy atom. The number of hydrogen-bond donors (Lipinski definition) is 1. The molecule has 0 saturated carbocycles. The molecule has 2 heterocycles. The maximum absolute atomic E-state index is 4.47. The van der Waals surface area contributed by atoms with E-state index in [1.165, 1.54) is 6.42 Å². The van der Waals surface area contributed by atoms with Crippen molar-refractivity contribution in [1.82, 2.24) is 15.3 Å². The van der Waals surface area contributed by atoms with Crippen LogP contribution in [0.1, 0.15) is 17.8 Å². The summed E-state index contributed by atoms with van der Waals surface area (Å²) in [5, 5.41) is 3.35. The highest BCUT2D eigenvalue weighted by Gasteiger charge is 2.21. The van der Waals surface area contributed by atoms with E-state index < -0.39 is 0 Å². The Labute approximate surface area is 103 Å². The summed E-state index contributed by atoms with van der Waals surface area (Å²) < 4.78 is 0. The number of likely N-dealkylation sites (N-methyl/N-ethyl adjacent to an activating group) is 1. The second-order valence-electron chi connectivity index (χ2n) is 4.21. The molecule has 1 saturated heterocycles. The number of nitrogens with one attached hydrogen (secondary N) is 1. The molecule has 1 aromatic heterocycles. The smallest absolute Gasteiger partial charge is 0.225 e. The quantitative estimate of drug-likeness (QED) is 0.849. The number of aryl methyl sites for hydroxylation is 2. The molecule has 2 rings (SSSR count). The molecule has 1 aliphatic rings. The topological polar surface area (TPSA) is 41.1 Å². The van der Waals surface area contributed by atoms with Gasteiger partial charge in [-0.05, 0) is 32.9 Å². The van der Waals surface area contributed by atoms with Gasteiger partial charge < -0.3 is 10.2 Å². The van der Waals surface area contributed by atoms with Gasteiger partial charge in [0.1, 0.15) is 0 Å². The fourth-order valence-electron chi connectivity index (χ4n) is 2.00. The van der Waals surface area contributed by atoms with Crippen LogP contribution in [0.15, 0.2) is 6.07 Å². The standard InChI is InChI=1S/C11H18N4.ClH/c1-8-6-9(2)14-11(13-8)15(3)10-4-5-12-7-10;/h6,10,12H,4-5,7H2,1-3H3;1H/t10-;/m0./s1. The minimum atomic E-state index is 0. The Balaban J connectivity index is 0.00000128. The molecule has 90 valence electrons. The van der Waals surface area contributed by atoms with Gasteiger partial charge in [-0.15, -0.1) is 12.4 Å². The lowest BCUT2D eigenvalue weighted by atomic mass is 10.2. The zero-order valence-corrected chi connectivity index (χ0v) is 10.8. The van der Waals surface area contributed by atoms with E-state index in [0.29, 0.717) is 6.04 Å². The van der Waals surface area contributed by atoms with Crippen molar-refractivity contribution in [1.29, 1.82) is 0 Å². The van der Waals surface area contributed by atoms with Crippen LogP contribution in [-0.4, -0.2) is 36.1 Å². The van der Waals surface area contributed by atoms with Gasteiger partial charge in [0, 0.05) is 31.0 Å². The van der Waals surface area contributed by atoms with E-state index in [2.05, 4.69) is 27.2 Å². The fourth-order valence-corrected chi connectivity index (χ4v) is 2.00. The summed E-state index contributed by atoms with van der Waals surface area (Å²) in [7, 11) is 2.08. The van der Waals surface area contributed by atoms with Crippen LogP contribution in [0.25, 0.3) is 0 Å². The van der Waals surface area contributed by atoms with Crippen molar-refractivity contribution in [2.24, 2.45) is 0 Å². The van der Waals surface area contributed by atoms with Gasteiger partial charge in [-0.3, -0.25) is 0 Å². The number of halogens is 1. The first-order chi connectivity index (χ1) is 7.16. The minimum absolute atomic E-state index is 0. The third-order valence-corrected chi connectivity index (χ3v) is 2.87. The Morgan fingerprint density at radius 2 is 1.94 bits per heavy atom. The van der Waals surface area contributed by atoms with Crippen LogP contribution in [0.5, 0.6) is 0 Å². The molecule has 1 atom stereocenters. The van der Waals surface area contributed by atoms with Crippen molar-refractivity contribution in [3.63, 3.8) is 0 Å². The predicted octanol–water partition coefficient (Wildman–Crippen LogP) is 1.31. The maximum atomic E-state index is 4.47. The normalized spacial score (nSPS) is 19.3. The fraction of sp³-hybridized carbons (Fsp3) is 0.636. The lowest BCUT2D eigenvalue weighted by Crippen LogP contribution is -2.34. The van der Waals surface area contributed by atoms with E-state index in [0.717, 1.165) is 30.4 Å². The average Bonchev–Trinajstić information content (AvgIpc) is 2.67. The SMILES string of the molecule is Cc1cc(C)nc(N(C)[C@H]2CCNC2)n1.Cl. The monoisotopic (exact) mass is 242 g/mol. The van der Waals surface area contributed by atoms with Crippen molar-refractivity contribution in [3.05, 3.63) is 17.5 Å². The van der Waals surface area contributed by atoms with Crippen LogP contribution in [0.2, 0.25) is 0 Å². The van der Waals surface area contributed by atoms with Crippen LogP contribution in [0, 0.1) is 13.8 Å². The van der Waals surface area contributed by atoms with Gasteiger partial charge in [-0.25, -0.2) is 9.97 Å². The first kappa shape index (κ1) is 13.2. The van der Waals surface area contributed by atoms with Crippen molar-refractivity contribution in [2.45, 2.75) is 26.3 Å². The minimum Gasteiger partial charge on any atom is -0.340 e. The molecule has 0 radical (unpaired) electrons. The molecule has 1 aromatic rings. The number of nitrogens with zero attached hydrogens (tertiary/aromatic N) is 3. The van der Waals surface area contributed by atoms with Crippen molar-refractivity contribution in [2.75, 3.05) is 25.0 Å². The highest BCUT2D eigenvalue weighted by Crippen LogP contribution is 2.14. The van der Waals surface area contributed by atoms with E-state index >= 15 is 0 Å². The predicted molar refractivity (Wildman–Crippen MR) is 68.4 cm³/mol. The van der Waals surface area contributed by atoms with E-state index in [4.69, 9.17) is 0 Å². The lowest BCUT2D eigenvalue weighted by Gasteiger charge is -2.24. The summed E-state index contributed by atoms with van der Waals surface area (Å²) in [6.07, 6.45) is 1.17. The van der Waals surface area contributed by atoms with Gasteiger partial charge in [0.15, 0.2) is 0 Å². The molecule has 0 bridgehead atoms. The third-order valence-electron chi connectivity index (χ3n) is 2.87. The first-order valence-electron chi connectivity index (χ1n) is 5.42. The van der Waals surface area contributed by atoms with Gasteiger partial charge in [0.05, 0.1) is 0 Å². The first-order valence-corrected chi connectivity index (χ1v) is 5.42. The van der Waals surface area contributed by atoms with Gasteiger partial charge in [0.25, 0.3) is 0 Å². The molecule has 0 aliphatic carbocycles. The van der Waals surface area contributed by atoms with Crippen LogP contribution in [0.4, 0.5) is 5.95 Å². The highest BCUT2D eigenvalue weighted by atomic mass is 35.5. The van der Waals surface area contributed by atoms with Crippen molar-refractivity contribution >= 4 is 18.4 Å². The summed E-state index contributed by atoms with van der Waals surface area (Å²) in [6, 6.07) is 2.54. The molecular weight excluding hydrogens is 224 g/mol. The summed E-state index contributed by atoms with van der Waals surface area (Å²) >= 11 is 0. The van der Waals surface area contributed by atoms with Crippen LogP contribution < -0.4 is 10.2 Å². The van der Waals surface area contributed by atoms with E-state index in [1.807, 2.05) is 19.9 Å². The lowest BCUT2D eigenvalue weighted by molar-refractivity contribution is 0.665. The Bertz CT molecular complexity index is 330. The molecule has 0 spiro atoms. The molecule has 1 N–H and O–H groups in total. The van der Waals surface area contributed by atoms with Gasteiger partial charge in [-0.1, -0.05) is 0 Å². The molecule has 0 unspecified atom stereocenters. The highest BCUT2D eigenvalue weighted by molar-refractivity contribution is 5.85. The molecule has 4 nitrogen and oxygen atoms in total. The van der Waals surface area contributed by atoms with Crippen molar-refractivity contribution in [3.8, 4) is 0 Å². The van der Waals surface area contributed by atoms with Crippen molar-refractivity contribution < 1.29 is 0 Å². The molecule has 5 heteroatoms. The number of hydrogen-bond acceptors (Lipinski definition) is 4. The Hall–Kier alpha value is -0.870. The van der Waals surface area contributed by atoms with Crippen LogP contribution in [0.3, 0.4) is 0 Å². The molecule has 16 heavy (non-hydrogen) atoms. The number of rotatable bonds is 2. The summed E-state index contributed by atoms with van der Waals surface area (Å²) in [4.78, 5) is 11.1. The average molecular weight is 243 g/mol. The Kier molecular flexibility index (Phi) is 4.50. The summed E-state index contributed by atoms with van der Waals surface area (Å²) in [5.74, 6) is 0.848. The second-order valence-corrected chi connectivity index (χ2v) is 4.21. The molecule has 0 amide bonds. The van der Waals surface area contributed by atoms with E-state index in [1.54, 1.807) is 0 Å². The zero-order valence-electron chi connectivity index (χ0n) is 10.0. The molecular formula is C11H19ClN4. The van der Waals surface area contributed by atoms with Crippen LogP contribution >= 0.6 is 12.4 Å². The maximum Gasteiger partial charge on any atom is 0.225 e. The molecule has 1 fully saturated rings. The van der Waals surface area contributed by atoms with Gasteiger partial charge >= 0.3 is 0 Å². The van der Waals surface area contributed by atoms with Gasteiger partial charge in [0.2, 0.25) is 5.95 Å². The summed E-state index contributed by atoms with van der Waals surface area (Å²) in [6.45, 7) is 6.16. The van der Waals surface area contributed by atoms with E-state index in [9.17, 15) is 0 Å². The molecule has 1 aliphatic heterocycles. The number of anilines is 1. The van der Waals surface area contributed by atoms with Gasteiger partial charge in [-0.2, -0.15) is 0 Å². The second kappa shape index (κ2) is 5.46. The summed E-state index contributed by atoms with van der Waals surface area (Å²) in [5.41, 5.74) is 2.07. The largest absolute Gasteiger partial charge is 0.340 e. The Morgan fingerprint density at radius 3 is 2.44 bits per heavy atom. The number of aromatic nitrogens is 2. The van der Waals surface area contributed by atoms with Crippen LogP contribution in [-0.2, 0) is 0 Å². The molecule has 0 aromatic carbocycles.